The minimum atomic E-state index is -0.569. The predicted molar refractivity (Wildman–Crippen MR) is 93.9 cm³/mol. The predicted octanol–water partition coefficient (Wildman–Crippen LogP) is 3.02. The lowest BCUT2D eigenvalue weighted by atomic mass is 9.97. The van der Waals surface area contributed by atoms with E-state index in [0.29, 0.717) is 5.69 Å². The molecular formula is C19H23N3O3. The maximum atomic E-state index is 12.4. The van der Waals surface area contributed by atoms with Gasteiger partial charge in [0, 0.05) is 17.6 Å². The number of nitrogens with one attached hydrogen (secondary N) is 1. The molecule has 0 spiro atoms. The summed E-state index contributed by atoms with van der Waals surface area (Å²) in [5.41, 5.74) is 1.81. The second kappa shape index (κ2) is 7.51. The van der Waals surface area contributed by atoms with Crippen molar-refractivity contribution < 1.29 is 14.3 Å². The number of esters is 1. The Bertz CT molecular complexity index is 731. The van der Waals surface area contributed by atoms with E-state index >= 15 is 0 Å². The van der Waals surface area contributed by atoms with Crippen LogP contribution in [0.25, 0.3) is 11.3 Å². The van der Waals surface area contributed by atoms with Gasteiger partial charge >= 0.3 is 5.97 Å². The van der Waals surface area contributed by atoms with E-state index in [1.54, 1.807) is 6.07 Å². The van der Waals surface area contributed by atoms with Crippen molar-refractivity contribution in [3.63, 3.8) is 0 Å². The first-order valence-corrected chi connectivity index (χ1v) is 8.65. The number of carbonyl (C=O) groups excluding carboxylic acids is 2. The maximum absolute atomic E-state index is 12.4. The molecule has 132 valence electrons. The van der Waals surface area contributed by atoms with E-state index in [-0.39, 0.29) is 30.3 Å². The van der Waals surface area contributed by atoms with Gasteiger partial charge in [0.05, 0.1) is 5.69 Å². The first-order chi connectivity index (χ1) is 12.1. The summed E-state index contributed by atoms with van der Waals surface area (Å²) in [6.45, 7) is 3.83. The van der Waals surface area contributed by atoms with Crippen LogP contribution in [0.1, 0.15) is 43.6 Å². The number of piperidine rings is 1. The molecule has 2 atom stereocenters. The number of hydrogen-bond donors (Lipinski definition) is 1. The van der Waals surface area contributed by atoms with E-state index in [0.717, 1.165) is 24.8 Å². The summed E-state index contributed by atoms with van der Waals surface area (Å²) in [6.07, 6.45) is 3.11. The molecule has 0 saturated carbocycles. The summed E-state index contributed by atoms with van der Waals surface area (Å²) < 4.78 is 5.19. The minimum Gasteiger partial charge on any atom is -0.451 e. The third-order valence-corrected chi connectivity index (χ3v) is 4.68. The van der Waals surface area contributed by atoms with Crippen LogP contribution >= 0.6 is 0 Å². The summed E-state index contributed by atoms with van der Waals surface area (Å²) in [7, 11) is 0. The highest BCUT2D eigenvalue weighted by Gasteiger charge is 2.29. The van der Waals surface area contributed by atoms with E-state index < -0.39 is 5.97 Å². The normalized spacial score (nSPS) is 20.3. The van der Waals surface area contributed by atoms with Crippen LogP contribution in [0.15, 0.2) is 36.4 Å². The van der Waals surface area contributed by atoms with E-state index in [1.165, 1.54) is 0 Å². The highest BCUT2D eigenvalue weighted by Crippen LogP contribution is 2.22. The standard InChI is InChI=1S/C19H23N3O3/c1-13-7-6-8-14(2)22(13)18(23)12-25-19(24)17-11-16(20-21-17)15-9-4-3-5-10-15/h3-5,9-11,13-14H,6-8,12H2,1-2H3,(H,20,21)/t13-,14-/m0/s1. The molecule has 6 nitrogen and oxygen atoms in total. The Morgan fingerprint density at radius 2 is 1.88 bits per heavy atom. The topological polar surface area (TPSA) is 75.3 Å². The first kappa shape index (κ1) is 17.2. The number of amides is 1. The van der Waals surface area contributed by atoms with Crippen molar-refractivity contribution >= 4 is 11.9 Å². The van der Waals surface area contributed by atoms with Gasteiger partial charge in [-0.25, -0.2) is 4.79 Å². The number of aromatic amines is 1. The van der Waals surface area contributed by atoms with Gasteiger partial charge in [-0.15, -0.1) is 0 Å². The molecule has 0 bridgehead atoms. The number of H-pyrrole nitrogens is 1. The van der Waals surface area contributed by atoms with Crippen LogP contribution in [-0.2, 0) is 9.53 Å². The SMILES string of the molecule is C[C@H]1CCC[C@H](C)N1C(=O)COC(=O)c1cc(-c2ccccc2)n[nH]1. The average Bonchev–Trinajstić information content (AvgIpc) is 3.10. The number of likely N-dealkylation sites (tertiary alicyclic amines) is 1. The molecule has 2 heterocycles. The molecule has 1 fully saturated rings. The van der Waals surface area contributed by atoms with Crippen molar-refractivity contribution in [2.75, 3.05) is 6.61 Å². The van der Waals surface area contributed by atoms with Crippen LogP contribution in [0.5, 0.6) is 0 Å². The highest BCUT2D eigenvalue weighted by molar-refractivity contribution is 5.90. The smallest absolute Gasteiger partial charge is 0.356 e. The van der Waals surface area contributed by atoms with Crippen LogP contribution < -0.4 is 0 Å². The molecule has 1 aromatic heterocycles. The Morgan fingerprint density at radius 1 is 1.20 bits per heavy atom. The fraction of sp³-hybridized carbons (Fsp3) is 0.421. The van der Waals surface area contributed by atoms with Gasteiger partial charge in [0.25, 0.3) is 5.91 Å². The van der Waals surface area contributed by atoms with Crippen molar-refractivity contribution in [1.29, 1.82) is 0 Å². The number of rotatable bonds is 4. The van der Waals surface area contributed by atoms with Crippen molar-refractivity contribution in [3.05, 3.63) is 42.1 Å². The van der Waals surface area contributed by atoms with Crippen LogP contribution in [-0.4, -0.2) is 45.7 Å². The van der Waals surface area contributed by atoms with Crippen LogP contribution in [0.4, 0.5) is 0 Å². The van der Waals surface area contributed by atoms with Gasteiger partial charge in [0.15, 0.2) is 6.61 Å². The second-order valence-corrected chi connectivity index (χ2v) is 6.54. The number of hydrogen-bond acceptors (Lipinski definition) is 4. The van der Waals surface area contributed by atoms with Gasteiger partial charge in [0.1, 0.15) is 5.69 Å². The monoisotopic (exact) mass is 341 g/mol. The zero-order chi connectivity index (χ0) is 17.8. The molecule has 1 N–H and O–H groups in total. The molecular weight excluding hydrogens is 318 g/mol. The van der Waals surface area contributed by atoms with E-state index in [4.69, 9.17) is 4.74 Å². The number of benzene rings is 1. The second-order valence-electron chi connectivity index (χ2n) is 6.54. The fourth-order valence-electron chi connectivity index (χ4n) is 3.38. The van der Waals surface area contributed by atoms with Gasteiger partial charge in [-0.1, -0.05) is 30.3 Å². The van der Waals surface area contributed by atoms with Crippen LogP contribution in [0.3, 0.4) is 0 Å². The summed E-state index contributed by atoms with van der Waals surface area (Å²) >= 11 is 0. The van der Waals surface area contributed by atoms with E-state index in [9.17, 15) is 9.59 Å². The number of nitrogens with zero attached hydrogens (tertiary/aromatic N) is 2. The Balaban J connectivity index is 1.59. The molecule has 1 aliphatic heterocycles. The fourth-order valence-corrected chi connectivity index (χ4v) is 3.38. The highest BCUT2D eigenvalue weighted by atomic mass is 16.5. The number of carbonyl (C=O) groups is 2. The van der Waals surface area contributed by atoms with Gasteiger partial charge in [0.2, 0.25) is 0 Å². The van der Waals surface area contributed by atoms with E-state index in [2.05, 4.69) is 10.2 Å². The van der Waals surface area contributed by atoms with Crippen molar-refractivity contribution in [2.45, 2.75) is 45.2 Å². The molecule has 1 aliphatic rings. The van der Waals surface area contributed by atoms with Crippen molar-refractivity contribution in [1.82, 2.24) is 15.1 Å². The first-order valence-electron chi connectivity index (χ1n) is 8.65. The lowest BCUT2D eigenvalue weighted by Gasteiger charge is -2.38. The zero-order valence-electron chi connectivity index (χ0n) is 14.6. The minimum absolute atomic E-state index is 0.143. The average molecular weight is 341 g/mol. The van der Waals surface area contributed by atoms with E-state index in [1.807, 2.05) is 49.1 Å². The molecule has 0 radical (unpaired) electrons. The van der Waals surface area contributed by atoms with Gasteiger partial charge in [-0.05, 0) is 39.2 Å². The Kier molecular flexibility index (Phi) is 5.16. The molecule has 2 aromatic rings. The zero-order valence-corrected chi connectivity index (χ0v) is 14.6. The maximum Gasteiger partial charge on any atom is 0.356 e. The largest absolute Gasteiger partial charge is 0.451 e. The van der Waals surface area contributed by atoms with Crippen molar-refractivity contribution in [2.24, 2.45) is 0 Å². The van der Waals surface area contributed by atoms with Gasteiger partial charge in [-0.2, -0.15) is 5.10 Å². The molecule has 1 aromatic carbocycles. The lowest BCUT2D eigenvalue weighted by molar-refractivity contribution is -0.140. The third kappa shape index (κ3) is 3.90. The van der Waals surface area contributed by atoms with Gasteiger partial charge < -0.3 is 9.64 Å². The lowest BCUT2D eigenvalue weighted by Crippen LogP contribution is -2.49. The Morgan fingerprint density at radius 3 is 2.56 bits per heavy atom. The molecule has 1 amide bonds. The molecule has 25 heavy (non-hydrogen) atoms. The van der Waals surface area contributed by atoms with Gasteiger partial charge in [-0.3, -0.25) is 9.89 Å². The Labute approximate surface area is 147 Å². The molecule has 0 aliphatic carbocycles. The third-order valence-electron chi connectivity index (χ3n) is 4.68. The van der Waals surface area contributed by atoms with Crippen molar-refractivity contribution in [3.8, 4) is 11.3 Å². The summed E-state index contributed by atoms with van der Waals surface area (Å²) in [5, 5.41) is 6.80. The summed E-state index contributed by atoms with van der Waals surface area (Å²) in [5.74, 6) is -0.712. The molecule has 6 heteroatoms. The molecule has 3 rings (SSSR count). The number of aromatic nitrogens is 2. The van der Waals surface area contributed by atoms with Crippen LogP contribution in [0, 0.1) is 0 Å². The summed E-state index contributed by atoms with van der Waals surface area (Å²) in [6, 6.07) is 11.6. The quantitative estimate of drug-likeness (QED) is 0.868. The summed E-state index contributed by atoms with van der Waals surface area (Å²) in [4.78, 5) is 26.4. The Hall–Kier alpha value is -2.63. The van der Waals surface area contributed by atoms with Crippen LogP contribution in [0.2, 0.25) is 0 Å². The molecule has 0 unspecified atom stereocenters. The number of ether oxygens (including phenoxy) is 1. The molecule has 1 saturated heterocycles.